The lowest BCUT2D eigenvalue weighted by Gasteiger charge is -2.25. The van der Waals surface area contributed by atoms with E-state index in [2.05, 4.69) is 78.3 Å². The number of aromatic amines is 1. The predicted octanol–water partition coefficient (Wildman–Crippen LogP) is 5.14. The maximum atomic E-state index is 12.4. The van der Waals surface area contributed by atoms with Crippen LogP contribution in [-0.4, -0.2) is 50.3 Å². The van der Waals surface area contributed by atoms with E-state index < -0.39 is 0 Å². The summed E-state index contributed by atoms with van der Waals surface area (Å²) in [5.74, 6) is 0. The van der Waals surface area contributed by atoms with Crippen LogP contribution in [0, 0.1) is 6.92 Å². The monoisotopic (exact) mass is 482 g/mol. The summed E-state index contributed by atoms with van der Waals surface area (Å²) in [7, 11) is 0. The molecule has 2 aliphatic heterocycles. The van der Waals surface area contributed by atoms with Crippen molar-refractivity contribution in [2.24, 2.45) is 0 Å². The highest BCUT2D eigenvalue weighted by atomic mass is 16.2. The Hall–Kier alpha value is -3.61. The number of urea groups is 1. The second-order valence-electron chi connectivity index (χ2n) is 11.0. The molecule has 0 bridgehead atoms. The van der Waals surface area contributed by atoms with E-state index in [1.807, 2.05) is 18.0 Å². The van der Waals surface area contributed by atoms with Crippen LogP contribution in [0.15, 0.2) is 48.8 Å². The largest absolute Gasteiger partial charge is 0.346 e. The number of carbonyl (C=O) groups is 1. The van der Waals surface area contributed by atoms with Crippen LogP contribution in [0.2, 0.25) is 0 Å². The number of carbonyl (C=O) groups excluding carboxylic acids is 1. The topological polar surface area (TPSA) is 78.8 Å². The first-order chi connectivity index (χ1) is 17.3. The highest BCUT2D eigenvalue weighted by Gasteiger charge is 2.46. The Morgan fingerprint density at radius 2 is 2.03 bits per heavy atom. The Labute approximate surface area is 211 Å². The molecular weight excluding hydrogens is 448 g/mol. The summed E-state index contributed by atoms with van der Waals surface area (Å²) in [6.45, 7) is 11.7. The Morgan fingerprint density at radius 3 is 2.83 bits per heavy atom. The third kappa shape index (κ3) is 3.52. The molecule has 1 fully saturated rings. The van der Waals surface area contributed by atoms with Crippen LogP contribution in [0.3, 0.4) is 0 Å². The normalized spacial score (nSPS) is 19.4. The molecule has 186 valence electrons. The minimum atomic E-state index is -0.170. The number of benzene rings is 1. The molecule has 7 nitrogen and oxygen atoms in total. The third-order valence-corrected chi connectivity index (χ3v) is 8.33. The van der Waals surface area contributed by atoms with Crippen molar-refractivity contribution in [1.29, 1.82) is 0 Å². The second-order valence-corrected chi connectivity index (χ2v) is 11.0. The summed E-state index contributed by atoms with van der Waals surface area (Å²) >= 11 is 0. The van der Waals surface area contributed by atoms with Gasteiger partial charge < -0.3 is 15.2 Å². The van der Waals surface area contributed by atoms with Crippen molar-refractivity contribution in [3.05, 3.63) is 71.2 Å². The van der Waals surface area contributed by atoms with E-state index in [-0.39, 0.29) is 16.9 Å². The van der Waals surface area contributed by atoms with Gasteiger partial charge in [0.1, 0.15) is 5.65 Å². The van der Waals surface area contributed by atoms with Gasteiger partial charge in [-0.2, -0.15) is 5.10 Å². The van der Waals surface area contributed by atoms with Crippen molar-refractivity contribution in [3.63, 3.8) is 0 Å². The van der Waals surface area contributed by atoms with E-state index in [4.69, 9.17) is 10.1 Å². The van der Waals surface area contributed by atoms with Crippen molar-refractivity contribution in [2.75, 3.05) is 19.6 Å². The Morgan fingerprint density at radius 1 is 1.19 bits per heavy atom. The highest BCUT2D eigenvalue weighted by molar-refractivity contribution is 5.85. The fourth-order valence-corrected chi connectivity index (χ4v) is 6.17. The molecule has 1 atom stereocenters. The van der Waals surface area contributed by atoms with Gasteiger partial charge in [0.25, 0.3) is 0 Å². The Kier molecular flexibility index (Phi) is 5.21. The van der Waals surface area contributed by atoms with E-state index in [0.29, 0.717) is 6.54 Å². The van der Waals surface area contributed by atoms with E-state index in [1.165, 1.54) is 22.4 Å². The van der Waals surface area contributed by atoms with Crippen LogP contribution in [0.4, 0.5) is 4.79 Å². The van der Waals surface area contributed by atoms with E-state index >= 15 is 0 Å². The fraction of sp³-hybridized carbons (Fsp3) is 0.414. The smallest absolute Gasteiger partial charge is 0.317 e. The summed E-state index contributed by atoms with van der Waals surface area (Å²) in [6, 6.07) is 13.2. The van der Waals surface area contributed by atoms with Crippen molar-refractivity contribution in [1.82, 2.24) is 30.0 Å². The average molecular weight is 483 g/mol. The zero-order valence-corrected chi connectivity index (χ0v) is 21.6. The molecule has 0 aliphatic carbocycles. The molecule has 6 rings (SSSR count). The van der Waals surface area contributed by atoms with Crippen molar-refractivity contribution >= 4 is 17.1 Å². The van der Waals surface area contributed by atoms with Gasteiger partial charge in [-0.05, 0) is 49.9 Å². The molecule has 36 heavy (non-hydrogen) atoms. The van der Waals surface area contributed by atoms with Gasteiger partial charge in [0, 0.05) is 66.0 Å². The quantitative estimate of drug-likeness (QED) is 0.423. The first-order valence-corrected chi connectivity index (χ1v) is 13.0. The lowest BCUT2D eigenvalue weighted by Crippen LogP contribution is -2.40. The number of amides is 2. The number of hydrogen-bond acceptors (Lipinski definition) is 3. The molecule has 2 N–H and O–H groups in total. The minimum Gasteiger partial charge on any atom is -0.346 e. The molecule has 3 aromatic heterocycles. The van der Waals surface area contributed by atoms with Crippen LogP contribution in [0.5, 0.6) is 0 Å². The van der Waals surface area contributed by atoms with E-state index in [1.54, 1.807) is 0 Å². The van der Waals surface area contributed by atoms with Crippen LogP contribution in [0.25, 0.3) is 22.3 Å². The summed E-state index contributed by atoms with van der Waals surface area (Å²) in [4.78, 5) is 22.5. The third-order valence-electron chi connectivity index (χ3n) is 8.33. The van der Waals surface area contributed by atoms with Gasteiger partial charge >= 0.3 is 6.03 Å². The number of aromatic nitrogens is 4. The van der Waals surface area contributed by atoms with Crippen molar-refractivity contribution < 1.29 is 4.79 Å². The zero-order valence-electron chi connectivity index (χ0n) is 21.6. The van der Waals surface area contributed by atoms with Crippen LogP contribution in [0.1, 0.15) is 56.0 Å². The molecule has 1 spiro atoms. The van der Waals surface area contributed by atoms with Gasteiger partial charge in [0.15, 0.2) is 0 Å². The fourth-order valence-electron chi connectivity index (χ4n) is 6.17. The maximum absolute atomic E-state index is 12.4. The number of pyridine rings is 1. The molecule has 1 saturated heterocycles. The summed E-state index contributed by atoms with van der Waals surface area (Å²) in [6.07, 6.45) is 6.04. The van der Waals surface area contributed by atoms with Crippen molar-refractivity contribution in [3.8, 4) is 11.3 Å². The SMILES string of the molecule is CCNC(=O)N1CCC2(CCn3nc(-c4cnc5[nH]cc(C(C)(C)c6cccc(C)c6)c5c4)cc32)C1. The highest BCUT2D eigenvalue weighted by Crippen LogP contribution is 2.44. The molecule has 4 aromatic rings. The summed E-state index contributed by atoms with van der Waals surface area (Å²) < 4.78 is 2.15. The number of rotatable bonds is 4. The number of hydrogen-bond donors (Lipinski definition) is 2. The van der Waals surface area contributed by atoms with Gasteiger partial charge in [0.05, 0.1) is 5.69 Å². The van der Waals surface area contributed by atoms with Gasteiger partial charge in [-0.1, -0.05) is 43.7 Å². The molecule has 0 saturated carbocycles. The summed E-state index contributed by atoms with van der Waals surface area (Å²) in [5, 5.41) is 9.06. The van der Waals surface area contributed by atoms with Crippen LogP contribution < -0.4 is 5.32 Å². The molecule has 1 aromatic carbocycles. The number of fused-ring (bicyclic) bond motifs is 3. The molecule has 7 heteroatoms. The lowest BCUT2D eigenvalue weighted by atomic mass is 9.77. The standard InChI is InChI=1S/C29H34N6O/c1-5-30-27(36)34-11-9-29(18-34)10-12-35-25(29)15-24(33-35)20-14-22-23(17-32-26(22)31-16-20)28(3,4)21-8-6-7-19(2)13-21/h6-8,13-17H,5,9-12,18H2,1-4H3,(H,30,36)(H,31,32). The number of H-pyrrole nitrogens is 1. The molecule has 1 unspecified atom stereocenters. The maximum Gasteiger partial charge on any atom is 0.317 e. The van der Waals surface area contributed by atoms with Crippen LogP contribution in [-0.2, 0) is 17.4 Å². The first-order valence-electron chi connectivity index (χ1n) is 13.0. The summed E-state index contributed by atoms with van der Waals surface area (Å²) in [5.41, 5.74) is 7.73. The van der Waals surface area contributed by atoms with Gasteiger partial charge in [0.2, 0.25) is 0 Å². The van der Waals surface area contributed by atoms with E-state index in [9.17, 15) is 4.79 Å². The van der Waals surface area contributed by atoms with Gasteiger partial charge in [-0.3, -0.25) is 4.68 Å². The van der Waals surface area contributed by atoms with Crippen LogP contribution >= 0.6 is 0 Å². The lowest BCUT2D eigenvalue weighted by molar-refractivity contribution is 0.206. The predicted molar refractivity (Wildman–Crippen MR) is 142 cm³/mol. The molecule has 2 aliphatic rings. The number of nitrogens with zero attached hydrogens (tertiary/aromatic N) is 4. The van der Waals surface area contributed by atoms with E-state index in [0.717, 1.165) is 54.8 Å². The second kappa shape index (κ2) is 8.22. The Balaban J connectivity index is 1.35. The number of nitrogens with one attached hydrogen (secondary N) is 2. The molecular formula is C29H34N6O. The molecule has 0 radical (unpaired) electrons. The van der Waals surface area contributed by atoms with Crippen molar-refractivity contribution in [2.45, 2.75) is 57.9 Å². The first kappa shape index (κ1) is 22.8. The molecule has 2 amide bonds. The zero-order chi connectivity index (χ0) is 25.1. The minimum absolute atomic E-state index is 0.000265. The van der Waals surface area contributed by atoms with Gasteiger partial charge in [-0.25, -0.2) is 9.78 Å². The number of likely N-dealkylation sites (tertiary alicyclic amines) is 1. The molecule has 5 heterocycles. The average Bonchev–Trinajstić information content (AvgIpc) is 3.64. The number of aryl methyl sites for hydroxylation is 2. The van der Waals surface area contributed by atoms with Gasteiger partial charge in [-0.15, -0.1) is 0 Å². The Bertz CT molecular complexity index is 1460.